The van der Waals surface area contributed by atoms with Gasteiger partial charge in [-0.3, -0.25) is 9.59 Å². The Bertz CT molecular complexity index is 601. The van der Waals surface area contributed by atoms with E-state index in [4.69, 9.17) is 22.8 Å². The highest BCUT2D eigenvalue weighted by Crippen LogP contribution is 2.14. The second-order valence-corrected chi connectivity index (χ2v) is 14.1. The van der Waals surface area contributed by atoms with Crippen LogP contribution in [0.15, 0.2) is 0 Å². The first kappa shape index (κ1) is 40.0. The maximum Gasteiger partial charge on any atom is 0.500 e. The number of hydrogen-bond acceptors (Lipinski definition) is 9. The predicted molar refractivity (Wildman–Crippen MR) is 168 cm³/mol. The molecule has 1 unspecified atom stereocenters. The minimum atomic E-state index is -2.54. The summed E-state index contributed by atoms with van der Waals surface area (Å²) in [6.07, 6.45) is 19.9. The first-order chi connectivity index (χ1) is 19.9. The molecule has 0 aromatic rings. The van der Waals surface area contributed by atoms with Crippen LogP contribution in [0.1, 0.15) is 123 Å². The van der Waals surface area contributed by atoms with E-state index in [-0.39, 0.29) is 25.0 Å². The molecular formula is C31H64N2O7Si. The van der Waals surface area contributed by atoms with Gasteiger partial charge >= 0.3 is 20.7 Å². The third-order valence-corrected chi connectivity index (χ3v) is 10.1. The molecule has 0 fully saturated rings. The van der Waals surface area contributed by atoms with E-state index in [9.17, 15) is 9.59 Å². The summed E-state index contributed by atoms with van der Waals surface area (Å²) in [6.45, 7) is 6.86. The first-order valence-electron chi connectivity index (χ1n) is 16.3. The number of rotatable bonds is 31. The van der Waals surface area contributed by atoms with Crippen molar-refractivity contribution in [3.8, 4) is 0 Å². The highest BCUT2D eigenvalue weighted by Gasteiger charge is 2.36. The van der Waals surface area contributed by atoms with Gasteiger partial charge in [-0.25, -0.2) is 0 Å². The normalized spacial score (nSPS) is 12.4. The molecular weight excluding hydrogens is 540 g/mol. The molecule has 41 heavy (non-hydrogen) atoms. The number of carbonyl (C=O) groups is 2. The van der Waals surface area contributed by atoms with Gasteiger partial charge in [0.2, 0.25) is 0 Å². The van der Waals surface area contributed by atoms with Crippen LogP contribution in [0.4, 0.5) is 0 Å². The molecule has 0 aromatic heterocycles. The topological polar surface area (TPSA) is 104 Å². The van der Waals surface area contributed by atoms with Crippen molar-refractivity contribution in [3.05, 3.63) is 0 Å². The quantitative estimate of drug-likeness (QED) is 0.0546. The molecule has 0 aliphatic heterocycles. The van der Waals surface area contributed by atoms with Crippen LogP contribution >= 0.6 is 0 Å². The molecule has 0 radical (unpaired) electrons. The molecule has 0 saturated heterocycles. The summed E-state index contributed by atoms with van der Waals surface area (Å²) >= 11 is 0. The van der Waals surface area contributed by atoms with Crippen molar-refractivity contribution in [2.75, 3.05) is 54.1 Å². The van der Waals surface area contributed by atoms with E-state index in [0.29, 0.717) is 25.6 Å². The van der Waals surface area contributed by atoms with Gasteiger partial charge in [0.05, 0.1) is 12.8 Å². The van der Waals surface area contributed by atoms with Gasteiger partial charge in [-0.2, -0.15) is 0 Å². The van der Waals surface area contributed by atoms with Crippen molar-refractivity contribution in [1.29, 1.82) is 0 Å². The third kappa shape index (κ3) is 25.2. The van der Waals surface area contributed by atoms with Crippen molar-refractivity contribution in [3.63, 3.8) is 0 Å². The number of ether oxygens (including phenoxy) is 2. The number of esters is 2. The SMILES string of the molecule is CCCCCCCCCCCCCCCCNCCC(=O)OC(C)COC(=O)CCNCCC[Si](OC)(OC)OC. The average Bonchev–Trinajstić information content (AvgIpc) is 2.97. The highest BCUT2D eigenvalue weighted by molar-refractivity contribution is 6.60. The van der Waals surface area contributed by atoms with E-state index >= 15 is 0 Å². The zero-order valence-electron chi connectivity index (χ0n) is 27.2. The minimum absolute atomic E-state index is 0.0701. The van der Waals surface area contributed by atoms with Crippen molar-refractivity contribution >= 4 is 20.7 Å². The van der Waals surface area contributed by atoms with E-state index in [1.54, 1.807) is 28.3 Å². The summed E-state index contributed by atoms with van der Waals surface area (Å²) in [4.78, 5) is 24.0. The molecule has 2 N–H and O–H groups in total. The summed E-state index contributed by atoms with van der Waals surface area (Å²) in [5, 5.41) is 6.53. The van der Waals surface area contributed by atoms with E-state index in [1.807, 2.05) is 0 Å². The Hall–Kier alpha value is -1.04. The maximum atomic E-state index is 12.0. The van der Waals surface area contributed by atoms with Gasteiger partial charge < -0.3 is 33.4 Å². The zero-order valence-corrected chi connectivity index (χ0v) is 28.2. The summed E-state index contributed by atoms with van der Waals surface area (Å²) in [5.41, 5.74) is 0. The third-order valence-electron chi connectivity index (χ3n) is 7.30. The standard InChI is InChI=1S/C31H64N2O7Si/c1-6-7-8-9-10-11-12-13-14-15-16-17-18-19-23-32-26-22-31(35)40-29(2)28-39-30(34)21-25-33-24-20-27-41(36-3,37-4)38-5/h29,32-33H,6-28H2,1-5H3. The Balaban J connectivity index is 3.51. The van der Waals surface area contributed by atoms with Crippen LogP contribution in [0.3, 0.4) is 0 Å². The fourth-order valence-electron chi connectivity index (χ4n) is 4.66. The largest absolute Gasteiger partial charge is 0.500 e. The first-order valence-corrected chi connectivity index (χ1v) is 18.3. The molecule has 10 heteroatoms. The highest BCUT2D eigenvalue weighted by atomic mass is 28.4. The Morgan fingerprint density at radius 3 is 1.54 bits per heavy atom. The van der Waals surface area contributed by atoms with Gasteiger partial charge in [-0.1, -0.05) is 90.4 Å². The van der Waals surface area contributed by atoms with Gasteiger partial charge in [0.25, 0.3) is 0 Å². The molecule has 0 amide bonds. The lowest BCUT2D eigenvalue weighted by molar-refractivity contribution is -0.157. The molecule has 0 rings (SSSR count). The smallest absolute Gasteiger partial charge is 0.462 e. The van der Waals surface area contributed by atoms with Crippen LogP contribution in [0, 0.1) is 0 Å². The molecule has 9 nitrogen and oxygen atoms in total. The van der Waals surface area contributed by atoms with Crippen molar-refractivity contribution < 1.29 is 32.3 Å². The van der Waals surface area contributed by atoms with Crippen LogP contribution in [0.5, 0.6) is 0 Å². The Kier molecular flexibility index (Phi) is 28.3. The van der Waals surface area contributed by atoms with Gasteiger partial charge in [0, 0.05) is 40.5 Å². The van der Waals surface area contributed by atoms with Crippen LogP contribution in [-0.4, -0.2) is 81.0 Å². The lowest BCUT2D eigenvalue weighted by atomic mass is 10.0. The molecule has 1 atom stereocenters. The monoisotopic (exact) mass is 604 g/mol. The van der Waals surface area contributed by atoms with E-state index < -0.39 is 14.9 Å². The zero-order chi connectivity index (χ0) is 30.4. The number of unbranched alkanes of at least 4 members (excludes halogenated alkanes) is 13. The lowest BCUT2D eigenvalue weighted by Gasteiger charge is -2.24. The number of nitrogens with one attached hydrogen (secondary N) is 2. The molecule has 0 bridgehead atoms. The Morgan fingerprint density at radius 2 is 1.05 bits per heavy atom. The van der Waals surface area contributed by atoms with Gasteiger partial charge in [0.15, 0.2) is 0 Å². The summed E-state index contributed by atoms with van der Waals surface area (Å²) in [5.74, 6) is -0.587. The molecule has 0 aromatic carbocycles. The Morgan fingerprint density at radius 1 is 0.610 bits per heavy atom. The average molecular weight is 605 g/mol. The van der Waals surface area contributed by atoms with Gasteiger partial charge in [0.1, 0.15) is 12.7 Å². The van der Waals surface area contributed by atoms with Gasteiger partial charge in [-0.15, -0.1) is 0 Å². The molecule has 0 heterocycles. The molecule has 244 valence electrons. The number of hydrogen-bond donors (Lipinski definition) is 2. The molecule has 0 aliphatic rings. The maximum absolute atomic E-state index is 12.0. The predicted octanol–water partition coefficient (Wildman–Crippen LogP) is 6.17. The second kappa shape index (κ2) is 29.0. The van der Waals surface area contributed by atoms with E-state index in [1.165, 1.54) is 83.5 Å². The Labute approximate surface area is 252 Å². The van der Waals surface area contributed by atoms with Crippen LogP contribution in [0.2, 0.25) is 6.04 Å². The van der Waals surface area contributed by atoms with Crippen LogP contribution in [-0.2, 0) is 32.3 Å². The summed E-state index contributed by atoms with van der Waals surface area (Å²) in [7, 11) is 2.25. The fourth-order valence-corrected chi connectivity index (χ4v) is 6.38. The molecule has 0 spiro atoms. The van der Waals surface area contributed by atoms with E-state index in [2.05, 4.69) is 17.6 Å². The van der Waals surface area contributed by atoms with E-state index in [0.717, 1.165) is 25.9 Å². The lowest BCUT2D eigenvalue weighted by Crippen LogP contribution is -2.43. The van der Waals surface area contributed by atoms with Crippen LogP contribution in [0.25, 0.3) is 0 Å². The van der Waals surface area contributed by atoms with Crippen molar-refractivity contribution in [2.24, 2.45) is 0 Å². The van der Waals surface area contributed by atoms with Crippen LogP contribution < -0.4 is 10.6 Å². The summed E-state index contributed by atoms with van der Waals surface area (Å²) in [6, 6.07) is 0.700. The summed E-state index contributed by atoms with van der Waals surface area (Å²) < 4.78 is 26.7. The second-order valence-electron chi connectivity index (χ2n) is 11.0. The number of carbonyl (C=O) groups excluding carboxylic acids is 2. The van der Waals surface area contributed by atoms with Gasteiger partial charge in [-0.05, 0) is 32.9 Å². The minimum Gasteiger partial charge on any atom is -0.462 e. The van der Waals surface area contributed by atoms with Crippen molar-refractivity contribution in [2.45, 2.75) is 135 Å². The molecule has 0 aliphatic carbocycles. The van der Waals surface area contributed by atoms with Crippen molar-refractivity contribution in [1.82, 2.24) is 10.6 Å². The molecule has 0 saturated carbocycles. The fraction of sp³-hybridized carbons (Fsp3) is 0.935.